The quantitative estimate of drug-likeness (QED) is 0.291. The monoisotopic (exact) mass is 449 g/mol. The van der Waals surface area contributed by atoms with Crippen molar-refractivity contribution < 1.29 is 0 Å². The van der Waals surface area contributed by atoms with Crippen molar-refractivity contribution in [1.82, 2.24) is 5.32 Å². The van der Waals surface area contributed by atoms with Crippen LogP contribution in [-0.2, 0) is 18.1 Å². The zero-order valence-electron chi connectivity index (χ0n) is 18.7. The minimum atomic E-state index is 0.569. The fourth-order valence-electron chi connectivity index (χ4n) is 3.60. The van der Waals surface area contributed by atoms with Crippen molar-refractivity contribution in [3.8, 4) is 0 Å². The van der Waals surface area contributed by atoms with Gasteiger partial charge in [-0.1, -0.05) is 105 Å². The van der Waals surface area contributed by atoms with Gasteiger partial charge in [0.15, 0.2) is 0 Å². The lowest BCUT2D eigenvalue weighted by Crippen LogP contribution is -2.33. The van der Waals surface area contributed by atoms with Crippen LogP contribution in [0.5, 0.6) is 0 Å². The third-order valence-corrected chi connectivity index (χ3v) is 8.29. The molecular formula is C28H35NS2. The van der Waals surface area contributed by atoms with Crippen LogP contribution in [0.15, 0.2) is 91.0 Å². The van der Waals surface area contributed by atoms with Gasteiger partial charge in [0.2, 0.25) is 0 Å². The van der Waals surface area contributed by atoms with E-state index in [9.17, 15) is 0 Å². The van der Waals surface area contributed by atoms with Crippen molar-refractivity contribution in [2.75, 3.05) is 6.54 Å². The molecule has 0 spiro atoms. The first-order valence-electron chi connectivity index (χ1n) is 11.3. The minimum Gasteiger partial charge on any atom is -0.312 e. The van der Waals surface area contributed by atoms with Gasteiger partial charge in [-0.25, -0.2) is 0 Å². The molecule has 0 aliphatic rings. The van der Waals surface area contributed by atoms with Gasteiger partial charge in [0.1, 0.15) is 0 Å². The maximum Gasteiger partial charge on any atom is 0.0294 e. The van der Waals surface area contributed by atoms with Gasteiger partial charge in [-0.2, -0.15) is 23.5 Å². The molecule has 0 bridgehead atoms. The Labute approximate surface area is 197 Å². The van der Waals surface area contributed by atoms with Gasteiger partial charge in [0, 0.05) is 35.1 Å². The summed E-state index contributed by atoms with van der Waals surface area (Å²) in [4.78, 5) is 0. The molecular weight excluding hydrogens is 414 g/mol. The highest BCUT2D eigenvalue weighted by atomic mass is 32.2. The molecule has 164 valence electrons. The highest BCUT2D eigenvalue weighted by Crippen LogP contribution is 2.33. The van der Waals surface area contributed by atoms with Gasteiger partial charge in [-0.15, -0.1) is 0 Å². The summed E-state index contributed by atoms with van der Waals surface area (Å²) in [5.41, 5.74) is 4.19. The second kappa shape index (κ2) is 13.7. The fourth-order valence-corrected chi connectivity index (χ4v) is 6.66. The molecule has 3 heteroatoms. The average molecular weight is 450 g/mol. The van der Waals surface area contributed by atoms with Crippen LogP contribution in [0.4, 0.5) is 0 Å². The standard InChI is InChI=1S/C28H35NS2/c1-23(2)18-27(30-21-25-14-8-4-9-15-25)28(31-22-26-16-10-5-11-17-26)20-29-19-24-12-6-3-7-13-24/h3-17,23,27-29H,18-22H2,1-2H3/t27-,28-/m0/s1. The normalized spacial score (nSPS) is 13.3. The molecule has 3 aromatic carbocycles. The maximum absolute atomic E-state index is 3.76. The summed E-state index contributed by atoms with van der Waals surface area (Å²) in [6.07, 6.45) is 1.25. The lowest BCUT2D eigenvalue weighted by molar-refractivity contribution is 0.538. The van der Waals surface area contributed by atoms with E-state index >= 15 is 0 Å². The van der Waals surface area contributed by atoms with Crippen molar-refractivity contribution in [2.24, 2.45) is 5.92 Å². The van der Waals surface area contributed by atoms with Crippen LogP contribution < -0.4 is 5.32 Å². The van der Waals surface area contributed by atoms with E-state index in [2.05, 4.69) is 134 Å². The minimum absolute atomic E-state index is 0.569. The molecule has 0 heterocycles. The second-order valence-corrected chi connectivity index (χ2v) is 10.9. The summed E-state index contributed by atoms with van der Waals surface area (Å²) < 4.78 is 0. The fraction of sp³-hybridized carbons (Fsp3) is 0.357. The molecule has 3 rings (SSSR count). The van der Waals surface area contributed by atoms with Crippen LogP contribution in [0.1, 0.15) is 37.0 Å². The van der Waals surface area contributed by atoms with Gasteiger partial charge in [-0.3, -0.25) is 0 Å². The Morgan fingerprint density at radius 3 is 1.55 bits per heavy atom. The molecule has 0 aliphatic heterocycles. The molecule has 0 saturated carbocycles. The number of hydrogen-bond acceptors (Lipinski definition) is 3. The molecule has 0 radical (unpaired) electrons. The summed E-state index contributed by atoms with van der Waals surface area (Å²) >= 11 is 4.24. The van der Waals surface area contributed by atoms with E-state index < -0.39 is 0 Å². The van der Waals surface area contributed by atoms with E-state index in [-0.39, 0.29) is 0 Å². The number of nitrogens with one attached hydrogen (secondary N) is 1. The summed E-state index contributed by atoms with van der Waals surface area (Å²) in [6, 6.07) is 32.5. The van der Waals surface area contributed by atoms with Gasteiger partial charge in [-0.05, 0) is 29.0 Å². The summed E-state index contributed by atoms with van der Waals surface area (Å²) in [7, 11) is 0. The Morgan fingerprint density at radius 2 is 1.06 bits per heavy atom. The van der Waals surface area contributed by atoms with Crippen LogP contribution in [0.25, 0.3) is 0 Å². The number of hydrogen-bond donors (Lipinski definition) is 1. The van der Waals surface area contributed by atoms with Crippen molar-refractivity contribution in [1.29, 1.82) is 0 Å². The number of rotatable bonds is 13. The van der Waals surface area contributed by atoms with E-state index in [1.54, 1.807) is 0 Å². The molecule has 0 aromatic heterocycles. The first-order valence-corrected chi connectivity index (χ1v) is 13.4. The summed E-state index contributed by atoms with van der Waals surface area (Å²) in [5, 5.41) is 4.95. The third kappa shape index (κ3) is 9.14. The summed E-state index contributed by atoms with van der Waals surface area (Å²) in [5.74, 6) is 2.85. The SMILES string of the molecule is CC(C)C[C@H](SCc1ccccc1)[C@H](CNCc1ccccc1)SCc1ccccc1. The van der Waals surface area contributed by atoms with Crippen molar-refractivity contribution in [3.63, 3.8) is 0 Å². The first kappa shape index (κ1) is 24.0. The Hall–Kier alpha value is -1.68. The van der Waals surface area contributed by atoms with Crippen molar-refractivity contribution in [3.05, 3.63) is 108 Å². The Kier molecular flexibility index (Phi) is 10.6. The lowest BCUT2D eigenvalue weighted by Gasteiger charge is -2.28. The highest BCUT2D eigenvalue weighted by Gasteiger charge is 2.23. The van der Waals surface area contributed by atoms with Crippen LogP contribution in [-0.4, -0.2) is 17.0 Å². The van der Waals surface area contributed by atoms with E-state index in [0.29, 0.717) is 16.4 Å². The molecule has 0 saturated heterocycles. The molecule has 0 amide bonds. The third-order valence-electron chi connectivity index (χ3n) is 5.25. The maximum atomic E-state index is 3.76. The van der Waals surface area contributed by atoms with Gasteiger partial charge in [0.25, 0.3) is 0 Å². The van der Waals surface area contributed by atoms with E-state index in [0.717, 1.165) is 24.6 Å². The number of thioether (sulfide) groups is 2. The Morgan fingerprint density at radius 1 is 0.613 bits per heavy atom. The largest absolute Gasteiger partial charge is 0.312 e. The predicted octanol–water partition coefficient (Wildman–Crippen LogP) is 7.43. The molecule has 0 aliphatic carbocycles. The van der Waals surface area contributed by atoms with Crippen molar-refractivity contribution in [2.45, 2.75) is 48.8 Å². The first-order chi connectivity index (χ1) is 15.2. The molecule has 1 N–H and O–H groups in total. The average Bonchev–Trinajstić information content (AvgIpc) is 2.81. The lowest BCUT2D eigenvalue weighted by atomic mass is 10.1. The molecule has 2 atom stereocenters. The zero-order chi connectivity index (χ0) is 21.7. The molecule has 1 nitrogen and oxygen atoms in total. The van der Waals surface area contributed by atoms with Gasteiger partial charge >= 0.3 is 0 Å². The Balaban J connectivity index is 1.65. The van der Waals surface area contributed by atoms with Crippen LogP contribution in [0.3, 0.4) is 0 Å². The molecule has 3 aromatic rings. The predicted molar refractivity (Wildman–Crippen MR) is 141 cm³/mol. The smallest absolute Gasteiger partial charge is 0.0294 e. The molecule has 31 heavy (non-hydrogen) atoms. The Bertz CT molecular complexity index is 837. The van der Waals surface area contributed by atoms with Gasteiger partial charge < -0.3 is 5.32 Å². The molecule has 0 unspecified atom stereocenters. The van der Waals surface area contributed by atoms with Crippen LogP contribution in [0, 0.1) is 5.92 Å². The summed E-state index contributed by atoms with van der Waals surface area (Å²) in [6.45, 7) is 6.67. The second-order valence-electron chi connectivity index (χ2n) is 8.42. The topological polar surface area (TPSA) is 12.0 Å². The van der Waals surface area contributed by atoms with Crippen LogP contribution in [0.2, 0.25) is 0 Å². The van der Waals surface area contributed by atoms with E-state index in [4.69, 9.17) is 0 Å². The van der Waals surface area contributed by atoms with E-state index in [1.807, 2.05) is 0 Å². The van der Waals surface area contributed by atoms with Crippen molar-refractivity contribution >= 4 is 23.5 Å². The van der Waals surface area contributed by atoms with Gasteiger partial charge in [0.05, 0.1) is 0 Å². The van der Waals surface area contributed by atoms with E-state index in [1.165, 1.54) is 23.1 Å². The van der Waals surface area contributed by atoms with Crippen LogP contribution >= 0.6 is 23.5 Å². The molecule has 0 fully saturated rings. The zero-order valence-corrected chi connectivity index (χ0v) is 20.4. The number of benzene rings is 3. The highest BCUT2D eigenvalue weighted by molar-refractivity contribution is 8.03.